The molecule has 0 unspecified atom stereocenters. The highest BCUT2D eigenvalue weighted by Crippen LogP contribution is 2.50. The first-order valence-corrected chi connectivity index (χ1v) is 4.88. The lowest BCUT2D eigenvalue weighted by molar-refractivity contribution is 0.0361. The quantitative estimate of drug-likeness (QED) is 0.613. The fraction of sp³-hybridized carbons (Fsp3) is 1.00. The standard InChI is InChI=1S/C10H18O/c1-6(2)9-7-3-4-8(5-7)10(9)11/h6-11H,3-5H2,1-2H3/t7-,8+,9-,10+/m0/s1. The van der Waals surface area contributed by atoms with Gasteiger partial charge in [-0.2, -0.15) is 0 Å². The van der Waals surface area contributed by atoms with Gasteiger partial charge in [0.1, 0.15) is 0 Å². The lowest BCUT2D eigenvalue weighted by Gasteiger charge is -2.30. The topological polar surface area (TPSA) is 20.2 Å². The van der Waals surface area contributed by atoms with Crippen LogP contribution in [-0.2, 0) is 0 Å². The Balaban J connectivity index is 2.11. The van der Waals surface area contributed by atoms with E-state index in [4.69, 9.17) is 0 Å². The van der Waals surface area contributed by atoms with Crippen LogP contribution >= 0.6 is 0 Å². The van der Waals surface area contributed by atoms with E-state index in [0.717, 1.165) is 5.92 Å². The summed E-state index contributed by atoms with van der Waals surface area (Å²) in [6, 6.07) is 0. The summed E-state index contributed by atoms with van der Waals surface area (Å²) < 4.78 is 0. The van der Waals surface area contributed by atoms with Crippen LogP contribution in [0.15, 0.2) is 0 Å². The lowest BCUT2D eigenvalue weighted by Crippen LogP contribution is -2.30. The van der Waals surface area contributed by atoms with E-state index < -0.39 is 0 Å². The van der Waals surface area contributed by atoms with Gasteiger partial charge in [-0.1, -0.05) is 13.8 Å². The van der Waals surface area contributed by atoms with Crippen LogP contribution in [0.5, 0.6) is 0 Å². The van der Waals surface area contributed by atoms with Gasteiger partial charge in [-0.25, -0.2) is 0 Å². The third-order valence-corrected chi connectivity index (χ3v) is 3.71. The van der Waals surface area contributed by atoms with Crippen LogP contribution < -0.4 is 0 Å². The molecule has 0 aliphatic heterocycles. The summed E-state index contributed by atoms with van der Waals surface area (Å²) >= 11 is 0. The van der Waals surface area contributed by atoms with Crippen LogP contribution in [0.2, 0.25) is 0 Å². The first-order valence-electron chi connectivity index (χ1n) is 4.88. The molecule has 2 rings (SSSR count). The maximum Gasteiger partial charge on any atom is 0.0601 e. The van der Waals surface area contributed by atoms with Crippen LogP contribution in [0, 0.1) is 23.7 Å². The first kappa shape index (κ1) is 7.60. The molecule has 4 atom stereocenters. The second kappa shape index (κ2) is 2.48. The average Bonchev–Trinajstić information content (AvgIpc) is 2.44. The van der Waals surface area contributed by atoms with Crippen molar-refractivity contribution in [1.82, 2.24) is 0 Å². The number of rotatable bonds is 1. The van der Waals surface area contributed by atoms with E-state index in [2.05, 4.69) is 13.8 Å². The largest absolute Gasteiger partial charge is 0.393 e. The Morgan fingerprint density at radius 3 is 2.18 bits per heavy atom. The third kappa shape index (κ3) is 1.01. The van der Waals surface area contributed by atoms with Crippen molar-refractivity contribution in [2.45, 2.75) is 39.2 Å². The Kier molecular flexibility index (Phi) is 1.71. The Labute approximate surface area is 68.8 Å². The van der Waals surface area contributed by atoms with Gasteiger partial charge in [-0.15, -0.1) is 0 Å². The summed E-state index contributed by atoms with van der Waals surface area (Å²) in [6.07, 6.45) is 4.01. The molecule has 1 heteroatoms. The smallest absolute Gasteiger partial charge is 0.0601 e. The van der Waals surface area contributed by atoms with Gasteiger partial charge in [-0.05, 0) is 42.9 Å². The Morgan fingerprint density at radius 1 is 1.18 bits per heavy atom. The summed E-state index contributed by atoms with van der Waals surface area (Å²) in [5, 5.41) is 9.85. The fourth-order valence-electron chi connectivity index (χ4n) is 3.24. The number of hydrogen-bond donors (Lipinski definition) is 1. The molecule has 2 bridgehead atoms. The number of aliphatic hydroxyl groups excluding tert-OH is 1. The predicted molar refractivity (Wildman–Crippen MR) is 45.2 cm³/mol. The number of fused-ring (bicyclic) bond motifs is 2. The zero-order valence-corrected chi connectivity index (χ0v) is 7.46. The number of hydrogen-bond acceptors (Lipinski definition) is 1. The van der Waals surface area contributed by atoms with E-state index >= 15 is 0 Å². The van der Waals surface area contributed by atoms with Crippen LogP contribution in [0.25, 0.3) is 0 Å². The van der Waals surface area contributed by atoms with E-state index in [-0.39, 0.29) is 6.10 Å². The molecular formula is C10H18O. The maximum atomic E-state index is 9.85. The van der Waals surface area contributed by atoms with Crippen molar-refractivity contribution in [2.75, 3.05) is 0 Å². The van der Waals surface area contributed by atoms with Gasteiger partial charge in [0.2, 0.25) is 0 Å². The fourth-order valence-corrected chi connectivity index (χ4v) is 3.24. The van der Waals surface area contributed by atoms with Gasteiger partial charge in [-0.3, -0.25) is 0 Å². The Morgan fingerprint density at radius 2 is 1.82 bits per heavy atom. The zero-order valence-electron chi connectivity index (χ0n) is 7.46. The van der Waals surface area contributed by atoms with Gasteiger partial charge < -0.3 is 5.11 Å². The normalized spacial score (nSPS) is 49.1. The summed E-state index contributed by atoms with van der Waals surface area (Å²) in [4.78, 5) is 0. The summed E-state index contributed by atoms with van der Waals surface area (Å²) in [6.45, 7) is 4.49. The van der Waals surface area contributed by atoms with Gasteiger partial charge in [0.25, 0.3) is 0 Å². The molecule has 1 N–H and O–H groups in total. The second-order valence-corrected chi connectivity index (χ2v) is 4.65. The van der Waals surface area contributed by atoms with Crippen molar-refractivity contribution < 1.29 is 5.11 Å². The minimum Gasteiger partial charge on any atom is -0.393 e. The van der Waals surface area contributed by atoms with E-state index in [1.54, 1.807) is 0 Å². The molecule has 0 heterocycles. The summed E-state index contributed by atoms with van der Waals surface area (Å²) in [5.74, 6) is 2.82. The minimum absolute atomic E-state index is 0.0359. The average molecular weight is 154 g/mol. The molecule has 0 saturated heterocycles. The number of aliphatic hydroxyl groups is 1. The van der Waals surface area contributed by atoms with Crippen molar-refractivity contribution in [3.05, 3.63) is 0 Å². The van der Waals surface area contributed by atoms with Crippen LogP contribution in [0.4, 0.5) is 0 Å². The molecule has 0 spiro atoms. The SMILES string of the molecule is CC(C)[C@H]1[C@H]2CC[C@H](C2)[C@H]1O. The Bertz CT molecular complexity index is 151. The van der Waals surface area contributed by atoms with Crippen LogP contribution in [0.3, 0.4) is 0 Å². The second-order valence-electron chi connectivity index (χ2n) is 4.65. The van der Waals surface area contributed by atoms with Gasteiger partial charge in [0.05, 0.1) is 6.10 Å². The lowest BCUT2D eigenvalue weighted by atomic mass is 9.79. The highest BCUT2D eigenvalue weighted by molar-refractivity contribution is 4.97. The van der Waals surface area contributed by atoms with Crippen molar-refractivity contribution >= 4 is 0 Å². The molecule has 2 aliphatic rings. The first-order chi connectivity index (χ1) is 5.20. The van der Waals surface area contributed by atoms with Gasteiger partial charge in [0, 0.05) is 0 Å². The van der Waals surface area contributed by atoms with Crippen molar-refractivity contribution in [1.29, 1.82) is 0 Å². The van der Waals surface area contributed by atoms with Crippen LogP contribution in [-0.4, -0.2) is 11.2 Å². The molecule has 11 heavy (non-hydrogen) atoms. The highest BCUT2D eigenvalue weighted by atomic mass is 16.3. The highest BCUT2D eigenvalue weighted by Gasteiger charge is 2.47. The molecule has 0 aromatic heterocycles. The molecular weight excluding hydrogens is 136 g/mol. The third-order valence-electron chi connectivity index (χ3n) is 3.71. The molecule has 2 saturated carbocycles. The van der Waals surface area contributed by atoms with Gasteiger partial charge >= 0.3 is 0 Å². The molecule has 0 aromatic rings. The molecule has 0 aromatic carbocycles. The molecule has 1 nitrogen and oxygen atoms in total. The van der Waals surface area contributed by atoms with E-state index in [1.165, 1.54) is 19.3 Å². The summed E-state index contributed by atoms with van der Waals surface area (Å²) in [7, 11) is 0. The molecule has 2 fully saturated rings. The van der Waals surface area contributed by atoms with E-state index in [9.17, 15) is 5.11 Å². The van der Waals surface area contributed by atoms with Crippen molar-refractivity contribution in [3.8, 4) is 0 Å². The maximum absolute atomic E-state index is 9.85. The molecule has 0 amide bonds. The monoisotopic (exact) mass is 154 g/mol. The molecule has 2 aliphatic carbocycles. The molecule has 64 valence electrons. The predicted octanol–water partition coefficient (Wildman–Crippen LogP) is 2.05. The Hall–Kier alpha value is -0.0400. The minimum atomic E-state index is 0.0359. The van der Waals surface area contributed by atoms with E-state index in [1.807, 2.05) is 0 Å². The van der Waals surface area contributed by atoms with E-state index in [0.29, 0.717) is 17.8 Å². The van der Waals surface area contributed by atoms with Crippen molar-refractivity contribution in [3.63, 3.8) is 0 Å². The summed E-state index contributed by atoms with van der Waals surface area (Å²) in [5.41, 5.74) is 0. The van der Waals surface area contributed by atoms with Crippen molar-refractivity contribution in [2.24, 2.45) is 23.7 Å². The molecule has 0 radical (unpaired) electrons. The zero-order chi connectivity index (χ0) is 8.01. The van der Waals surface area contributed by atoms with Crippen LogP contribution in [0.1, 0.15) is 33.1 Å². The van der Waals surface area contributed by atoms with Gasteiger partial charge in [0.15, 0.2) is 0 Å².